The lowest BCUT2D eigenvalue weighted by atomic mass is 9.79. The Labute approximate surface area is 291 Å². The first-order valence-electron chi connectivity index (χ1n) is 21.2. The van der Waals surface area contributed by atoms with Crippen molar-refractivity contribution in [3.8, 4) is 0 Å². The van der Waals surface area contributed by atoms with Crippen molar-refractivity contribution in [2.45, 2.75) is 232 Å². The number of rotatable bonds is 34. The van der Waals surface area contributed by atoms with E-state index in [0.717, 1.165) is 38.5 Å². The fraction of sp³-hybridized carbons (Fsp3) is 0.952. The standard InChI is InChI=1S/C42H78O5/c1-3-5-7-9-11-13-15-17-19-21-23-25-27-29-31-35-45-41(43)39-37-33-34-38(47-37)40(39)42(44)46-36-32-30-28-26-24-22-20-18-16-14-12-10-8-6-4-2/h37-40H,3-36H2,1-2H3. The summed E-state index contributed by atoms with van der Waals surface area (Å²) in [4.78, 5) is 26.0. The zero-order valence-electron chi connectivity index (χ0n) is 31.4. The minimum atomic E-state index is -0.487. The molecule has 47 heavy (non-hydrogen) atoms. The van der Waals surface area contributed by atoms with Gasteiger partial charge >= 0.3 is 11.9 Å². The Kier molecular flexibility index (Phi) is 26.7. The highest BCUT2D eigenvalue weighted by molar-refractivity contribution is 5.84. The molecule has 0 aromatic rings. The first-order valence-corrected chi connectivity index (χ1v) is 21.2. The SMILES string of the molecule is CCCCCCCCCCCCCCCCCOC(=O)C1C2CCC(O2)C1C(=O)OCCCCCCCCCCCCCCCCC. The van der Waals surface area contributed by atoms with Crippen molar-refractivity contribution < 1.29 is 23.8 Å². The highest BCUT2D eigenvalue weighted by Gasteiger charge is 2.56. The van der Waals surface area contributed by atoms with Crippen LogP contribution in [-0.2, 0) is 23.8 Å². The van der Waals surface area contributed by atoms with Gasteiger partial charge in [0.15, 0.2) is 0 Å². The lowest BCUT2D eigenvalue weighted by Crippen LogP contribution is -2.40. The number of hydrogen-bond donors (Lipinski definition) is 0. The topological polar surface area (TPSA) is 61.8 Å². The molecule has 0 aliphatic carbocycles. The number of unbranched alkanes of at least 4 members (excludes halogenated alkanes) is 28. The second kappa shape index (κ2) is 29.8. The number of carbonyl (C=O) groups excluding carboxylic acids is 2. The summed E-state index contributed by atoms with van der Waals surface area (Å²) < 4.78 is 17.4. The molecule has 0 amide bonds. The predicted octanol–water partition coefficient (Wildman–Crippen LogP) is 12.6. The third-order valence-electron chi connectivity index (χ3n) is 10.8. The van der Waals surface area contributed by atoms with Crippen LogP contribution in [0.4, 0.5) is 0 Å². The summed E-state index contributed by atoms with van der Waals surface area (Å²) in [6, 6.07) is 0. The summed E-state index contributed by atoms with van der Waals surface area (Å²) in [7, 11) is 0. The van der Waals surface area contributed by atoms with Crippen LogP contribution in [0, 0.1) is 11.8 Å². The van der Waals surface area contributed by atoms with Gasteiger partial charge in [-0.2, -0.15) is 0 Å². The molecule has 4 atom stereocenters. The first-order chi connectivity index (χ1) is 23.2. The van der Waals surface area contributed by atoms with Crippen molar-refractivity contribution in [2.75, 3.05) is 13.2 Å². The molecule has 2 aliphatic rings. The van der Waals surface area contributed by atoms with E-state index in [1.54, 1.807) is 0 Å². The van der Waals surface area contributed by atoms with Gasteiger partial charge in [0.05, 0.1) is 37.3 Å². The van der Waals surface area contributed by atoms with E-state index < -0.39 is 11.8 Å². The molecule has 276 valence electrons. The van der Waals surface area contributed by atoms with Gasteiger partial charge in [0, 0.05) is 0 Å². The quantitative estimate of drug-likeness (QED) is 0.0507. The minimum absolute atomic E-state index is 0.183. The molecule has 2 fully saturated rings. The van der Waals surface area contributed by atoms with Crippen molar-refractivity contribution in [3.05, 3.63) is 0 Å². The van der Waals surface area contributed by atoms with E-state index in [1.807, 2.05) is 0 Å². The van der Waals surface area contributed by atoms with Crippen molar-refractivity contribution >= 4 is 11.9 Å². The van der Waals surface area contributed by atoms with E-state index in [-0.39, 0.29) is 24.1 Å². The molecule has 5 heteroatoms. The van der Waals surface area contributed by atoms with E-state index in [1.165, 1.54) is 167 Å². The molecule has 0 aromatic carbocycles. The Bertz CT molecular complexity index is 679. The zero-order valence-corrected chi connectivity index (χ0v) is 31.4. The lowest BCUT2D eigenvalue weighted by molar-refractivity contribution is -0.161. The average Bonchev–Trinajstić information content (AvgIpc) is 3.70. The molecule has 0 radical (unpaired) electrons. The van der Waals surface area contributed by atoms with Gasteiger partial charge in [-0.3, -0.25) is 9.59 Å². The van der Waals surface area contributed by atoms with Gasteiger partial charge in [-0.15, -0.1) is 0 Å². The minimum Gasteiger partial charge on any atom is -0.465 e. The first kappa shape index (κ1) is 42.1. The van der Waals surface area contributed by atoms with Gasteiger partial charge < -0.3 is 14.2 Å². The van der Waals surface area contributed by atoms with Crippen molar-refractivity contribution in [1.82, 2.24) is 0 Å². The van der Waals surface area contributed by atoms with Crippen LogP contribution in [0.3, 0.4) is 0 Å². The maximum Gasteiger partial charge on any atom is 0.312 e. The van der Waals surface area contributed by atoms with Crippen LogP contribution in [0.2, 0.25) is 0 Å². The molecular formula is C42H78O5. The Hall–Kier alpha value is -1.10. The zero-order chi connectivity index (χ0) is 33.6. The van der Waals surface area contributed by atoms with E-state index >= 15 is 0 Å². The van der Waals surface area contributed by atoms with Gasteiger partial charge in [0.1, 0.15) is 0 Å². The molecule has 2 aliphatic heterocycles. The molecule has 2 saturated heterocycles. The van der Waals surface area contributed by atoms with Crippen LogP contribution in [-0.4, -0.2) is 37.4 Å². The molecule has 5 nitrogen and oxygen atoms in total. The molecule has 0 N–H and O–H groups in total. The second-order valence-corrected chi connectivity index (χ2v) is 15.1. The van der Waals surface area contributed by atoms with Crippen LogP contribution in [0.5, 0.6) is 0 Å². The summed E-state index contributed by atoms with van der Waals surface area (Å²) in [6.45, 7) is 5.46. The van der Waals surface area contributed by atoms with E-state index in [0.29, 0.717) is 13.2 Å². The Morgan fingerprint density at radius 1 is 0.404 bits per heavy atom. The summed E-state index contributed by atoms with van der Waals surface area (Å²) in [5, 5.41) is 0. The highest BCUT2D eigenvalue weighted by Crippen LogP contribution is 2.44. The van der Waals surface area contributed by atoms with Gasteiger partial charge in [-0.05, 0) is 25.7 Å². The van der Waals surface area contributed by atoms with Crippen LogP contribution < -0.4 is 0 Å². The summed E-state index contributed by atoms with van der Waals surface area (Å²) >= 11 is 0. The van der Waals surface area contributed by atoms with Crippen LogP contribution >= 0.6 is 0 Å². The smallest absolute Gasteiger partial charge is 0.312 e. The third kappa shape index (κ3) is 20.2. The Balaban J connectivity index is 1.42. The molecule has 0 aromatic heterocycles. The number of ether oxygens (including phenoxy) is 3. The van der Waals surface area contributed by atoms with Crippen LogP contribution in [0.25, 0.3) is 0 Å². The lowest BCUT2D eigenvalue weighted by Gasteiger charge is -2.25. The van der Waals surface area contributed by atoms with Gasteiger partial charge in [0.25, 0.3) is 0 Å². The Morgan fingerprint density at radius 3 is 0.894 bits per heavy atom. The Morgan fingerprint density at radius 2 is 0.638 bits per heavy atom. The summed E-state index contributed by atoms with van der Waals surface area (Å²) in [5.41, 5.74) is 0. The molecule has 2 rings (SSSR count). The van der Waals surface area contributed by atoms with E-state index in [2.05, 4.69) is 13.8 Å². The van der Waals surface area contributed by atoms with Gasteiger partial charge in [0.2, 0.25) is 0 Å². The normalized spacial score (nSPS) is 20.2. The molecule has 2 bridgehead atoms. The fourth-order valence-electron chi connectivity index (χ4n) is 7.76. The number of fused-ring (bicyclic) bond motifs is 2. The summed E-state index contributed by atoms with van der Waals surface area (Å²) in [5.74, 6) is -1.48. The second-order valence-electron chi connectivity index (χ2n) is 15.1. The van der Waals surface area contributed by atoms with E-state index in [9.17, 15) is 9.59 Å². The molecular weight excluding hydrogens is 584 g/mol. The van der Waals surface area contributed by atoms with Crippen LogP contribution in [0.1, 0.15) is 219 Å². The van der Waals surface area contributed by atoms with Crippen LogP contribution in [0.15, 0.2) is 0 Å². The van der Waals surface area contributed by atoms with Gasteiger partial charge in [-0.1, -0.05) is 194 Å². The predicted molar refractivity (Wildman–Crippen MR) is 197 cm³/mol. The number of hydrogen-bond acceptors (Lipinski definition) is 5. The molecule has 0 spiro atoms. The van der Waals surface area contributed by atoms with Crippen molar-refractivity contribution in [3.63, 3.8) is 0 Å². The largest absolute Gasteiger partial charge is 0.465 e. The third-order valence-corrected chi connectivity index (χ3v) is 10.8. The number of carbonyl (C=O) groups is 2. The maximum atomic E-state index is 13.0. The average molecular weight is 663 g/mol. The molecule has 4 unspecified atom stereocenters. The van der Waals surface area contributed by atoms with Crippen molar-refractivity contribution in [1.29, 1.82) is 0 Å². The van der Waals surface area contributed by atoms with E-state index in [4.69, 9.17) is 14.2 Å². The molecule has 2 heterocycles. The monoisotopic (exact) mass is 663 g/mol. The summed E-state index contributed by atoms with van der Waals surface area (Å²) in [6.07, 6.45) is 40.8. The highest BCUT2D eigenvalue weighted by atomic mass is 16.6. The molecule has 0 saturated carbocycles. The van der Waals surface area contributed by atoms with Crippen molar-refractivity contribution in [2.24, 2.45) is 11.8 Å². The van der Waals surface area contributed by atoms with Gasteiger partial charge in [-0.25, -0.2) is 0 Å². The maximum absolute atomic E-state index is 13.0. The number of esters is 2. The fourth-order valence-corrected chi connectivity index (χ4v) is 7.76.